The van der Waals surface area contributed by atoms with Crippen LogP contribution in [0.5, 0.6) is 0 Å². The molecule has 11 aromatic rings. The van der Waals surface area contributed by atoms with Crippen molar-refractivity contribution in [3.8, 4) is 61.5 Å². The van der Waals surface area contributed by atoms with E-state index in [4.69, 9.17) is 0 Å². The lowest BCUT2D eigenvalue weighted by molar-refractivity contribution is 0.660. The van der Waals surface area contributed by atoms with Crippen molar-refractivity contribution in [3.63, 3.8) is 0 Å². The third-order valence-corrected chi connectivity index (χ3v) is 13.6. The summed E-state index contributed by atoms with van der Waals surface area (Å²) < 4.78 is 2.45. The second-order valence-electron chi connectivity index (χ2n) is 17.7. The topological polar surface area (TPSA) is 8.17 Å². The van der Waals surface area contributed by atoms with Gasteiger partial charge in [0, 0.05) is 39.1 Å². The number of aromatic nitrogens is 1. The number of rotatable bonds is 8. The minimum Gasteiger partial charge on any atom is -0.310 e. The first kappa shape index (κ1) is 38.5. The molecule has 1 aliphatic rings. The van der Waals surface area contributed by atoms with E-state index in [0.29, 0.717) is 0 Å². The van der Waals surface area contributed by atoms with E-state index in [0.717, 1.165) is 22.7 Å². The Morgan fingerprint density at radius 1 is 0.369 bits per heavy atom. The first-order valence-corrected chi connectivity index (χ1v) is 22.6. The van der Waals surface area contributed by atoms with Crippen LogP contribution < -0.4 is 4.90 Å². The molecule has 12 rings (SSSR count). The van der Waals surface area contributed by atoms with Crippen molar-refractivity contribution in [1.29, 1.82) is 0 Å². The predicted octanol–water partition coefficient (Wildman–Crippen LogP) is 17.2. The zero-order valence-corrected chi connectivity index (χ0v) is 36.5. The molecule has 0 unspecified atom stereocenters. The van der Waals surface area contributed by atoms with E-state index in [9.17, 15) is 0 Å². The normalized spacial score (nSPS) is 12.6. The lowest BCUT2D eigenvalue weighted by Crippen LogP contribution is -2.16. The van der Waals surface area contributed by atoms with Gasteiger partial charge in [0.1, 0.15) is 0 Å². The highest BCUT2D eigenvalue weighted by Crippen LogP contribution is 2.51. The second-order valence-corrected chi connectivity index (χ2v) is 17.7. The maximum atomic E-state index is 2.45. The van der Waals surface area contributed by atoms with Crippen molar-refractivity contribution in [3.05, 3.63) is 254 Å². The number of benzene rings is 10. The molecule has 0 aliphatic heterocycles. The molecule has 0 N–H and O–H groups in total. The van der Waals surface area contributed by atoms with Gasteiger partial charge >= 0.3 is 0 Å². The molecule has 1 aliphatic carbocycles. The van der Waals surface area contributed by atoms with Crippen LogP contribution in [0.1, 0.15) is 25.0 Å². The predicted molar refractivity (Wildman–Crippen MR) is 275 cm³/mol. The molecule has 0 saturated heterocycles. The molecule has 10 aromatic carbocycles. The fourth-order valence-electron chi connectivity index (χ4n) is 10.4. The minimum atomic E-state index is -0.105. The average molecular weight is 831 g/mol. The Labute approximate surface area is 381 Å². The molecule has 0 spiro atoms. The van der Waals surface area contributed by atoms with Crippen molar-refractivity contribution >= 4 is 38.7 Å². The third-order valence-electron chi connectivity index (χ3n) is 13.6. The van der Waals surface area contributed by atoms with Crippen LogP contribution in [0.15, 0.2) is 243 Å². The standard InChI is InChI=1S/C63H46N2/c1-63(2)57-25-15-14-24-55(57)56-40-39-53(42-58(56)63)64(51-35-30-45(31-36-51)43-16-6-3-7-17-43)52-37-32-46(33-38-52)44-26-28-48(29-27-44)60-61-54-23-13-12-18-47(54)34-41-59(61)65(50-21-10-5-11-22-50)62(60)49-19-8-4-9-20-49/h3-42H,1-2H3. The molecule has 0 saturated carbocycles. The van der Waals surface area contributed by atoms with Gasteiger partial charge in [-0.1, -0.05) is 202 Å². The summed E-state index contributed by atoms with van der Waals surface area (Å²) >= 11 is 0. The van der Waals surface area contributed by atoms with Gasteiger partial charge in [-0.25, -0.2) is 0 Å². The third kappa shape index (κ3) is 6.49. The van der Waals surface area contributed by atoms with Gasteiger partial charge in [-0.15, -0.1) is 0 Å². The molecule has 0 radical (unpaired) electrons. The van der Waals surface area contributed by atoms with Crippen LogP contribution in [0.25, 0.3) is 83.1 Å². The first-order valence-electron chi connectivity index (χ1n) is 22.6. The van der Waals surface area contributed by atoms with Gasteiger partial charge in [0.15, 0.2) is 0 Å². The molecular formula is C63H46N2. The lowest BCUT2D eigenvalue weighted by atomic mass is 9.82. The Hall–Kier alpha value is -8.20. The molecule has 1 aromatic heterocycles. The number of hydrogen-bond acceptors (Lipinski definition) is 1. The van der Waals surface area contributed by atoms with Crippen LogP contribution in [0.3, 0.4) is 0 Å². The highest BCUT2D eigenvalue weighted by atomic mass is 15.1. The number of fused-ring (bicyclic) bond motifs is 6. The molecule has 1 heterocycles. The monoisotopic (exact) mass is 830 g/mol. The first-order chi connectivity index (χ1) is 32.0. The molecule has 0 fully saturated rings. The van der Waals surface area contributed by atoms with E-state index in [-0.39, 0.29) is 5.41 Å². The Morgan fingerprint density at radius 2 is 0.862 bits per heavy atom. The summed E-state index contributed by atoms with van der Waals surface area (Å²) in [5.41, 5.74) is 20.6. The number of para-hydroxylation sites is 1. The fourth-order valence-corrected chi connectivity index (χ4v) is 10.4. The van der Waals surface area contributed by atoms with Crippen LogP contribution in [-0.4, -0.2) is 4.57 Å². The molecule has 308 valence electrons. The Kier molecular flexibility index (Phi) is 9.21. The summed E-state index contributed by atoms with van der Waals surface area (Å²) in [4.78, 5) is 2.40. The quantitative estimate of drug-likeness (QED) is 0.148. The van der Waals surface area contributed by atoms with Crippen molar-refractivity contribution in [2.75, 3.05) is 4.90 Å². The minimum absolute atomic E-state index is 0.105. The van der Waals surface area contributed by atoms with Crippen molar-refractivity contribution in [2.24, 2.45) is 0 Å². The Bertz CT molecular complexity index is 3510. The molecule has 0 atom stereocenters. The van der Waals surface area contributed by atoms with Gasteiger partial charge in [-0.3, -0.25) is 0 Å². The van der Waals surface area contributed by atoms with Gasteiger partial charge in [0.05, 0.1) is 11.2 Å². The molecule has 0 amide bonds. The molecule has 2 heteroatoms. The van der Waals surface area contributed by atoms with Gasteiger partial charge in [0.2, 0.25) is 0 Å². The number of anilines is 3. The fraction of sp³-hybridized carbons (Fsp3) is 0.0476. The summed E-state index contributed by atoms with van der Waals surface area (Å²) in [7, 11) is 0. The second kappa shape index (κ2) is 15.6. The van der Waals surface area contributed by atoms with E-state index in [2.05, 4.69) is 266 Å². The Morgan fingerprint density at radius 3 is 1.52 bits per heavy atom. The summed E-state index contributed by atoms with van der Waals surface area (Å²) in [6.45, 7) is 4.71. The number of nitrogens with zero attached hydrogens (tertiary/aromatic N) is 2. The van der Waals surface area contributed by atoms with E-state index in [1.54, 1.807) is 0 Å². The smallest absolute Gasteiger partial charge is 0.0619 e. The van der Waals surface area contributed by atoms with Gasteiger partial charge in [-0.2, -0.15) is 0 Å². The lowest BCUT2D eigenvalue weighted by Gasteiger charge is -2.28. The average Bonchev–Trinajstić information content (AvgIpc) is 3.84. The van der Waals surface area contributed by atoms with E-state index < -0.39 is 0 Å². The maximum Gasteiger partial charge on any atom is 0.0619 e. The molecule has 2 nitrogen and oxygen atoms in total. The number of hydrogen-bond donors (Lipinski definition) is 0. The van der Waals surface area contributed by atoms with Crippen LogP contribution in [0.2, 0.25) is 0 Å². The van der Waals surface area contributed by atoms with Crippen LogP contribution >= 0.6 is 0 Å². The zero-order valence-electron chi connectivity index (χ0n) is 36.5. The maximum absolute atomic E-state index is 2.45. The van der Waals surface area contributed by atoms with E-state index >= 15 is 0 Å². The summed E-state index contributed by atoms with van der Waals surface area (Å²) in [5, 5.41) is 3.75. The van der Waals surface area contributed by atoms with Crippen LogP contribution in [0, 0.1) is 0 Å². The highest BCUT2D eigenvalue weighted by molar-refractivity contribution is 6.18. The van der Waals surface area contributed by atoms with Crippen molar-refractivity contribution in [1.82, 2.24) is 4.57 Å². The largest absolute Gasteiger partial charge is 0.310 e. The zero-order chi connectivity index (χ0) is 43.5. The van der Waals surface area contributed by atoms with Crippen LogP contribution in [0.4, 0.5) is 17.1 Å². The Balaban J connectivity index is 0.954. The summed E-state index contributed by atoms with van der Waals surface area (Å²) in [5.74, 6) is 0. The SMILES string of the molecule is CC1(C)c2ccccc2-c2ccc(N(c3ccc(-c4ccccc4)cc3)c3ccc(-c4ccc(-c5c(-c6ccccc6)n(-c6ccccc6)c6ccc7ccccc7c56)cc4)cc3)cc21. The highest BCUT2D eigenvalue weighted by Gasteiger charge is 2.35. The van der Waals surface area contributed by atoms with Gasteiger partial charge < -0.3 is 9.47 Å². The van der Waals surface area contributed by atoms with Crippen LogP contribution in [-0.2, 0) is 5.41 Å². The van der Waals surface area contributed by atoms with Crippen molar-refractivity contribution < 1.29 is 0 Å². The molecule has 65 heavy (non-hydrogen) atoms. The van der Waals surface area contributed by atoms with E-state index in [1.165, 1.54) is 88.6 Å². The summed E-state index contributed by atoms with van der Waals surface area (Å²) in [6, 6.07) is 88.7. The molecule has 0 bridgehead atoms. The van der Waals surface area contributed by atoms with E-state index in [1.807, 2.05) is 0 Å². The van der Waals surface area contributed by atoms with Gasteiger partial charge in [-0.05, 0) is 121 Å². The molecular weight excluding hydrogens is 785 g/mol. The van der Waals surface area contributed by atoms with Crippen molar-refractivity contribution in [2.45, 2.75) is 19.3 Å². The van der Waals surface area contributed by atoms with Gasteiger partial charge in [0.25, 0.3) is 0 Å². The summed E-state index contributed by atoms with van der Waals surface area (Å²) in [6.07, 6.45) is 0.